The molecule has 0 unspecified atom stereocenters. The van der Waals surface area contributed by atoms with Gasteiger partial charge in [0.25, 0.3) is 0 Å². The Hall–Kier alpha value is -0.300. The van der Waals surface area contributed by atoms with Gasteiger partial charge in [-0.05, 0) is 26.3 Å². The van der Waals surface area contributed by atoms with Gasteiger partial charge >= 0.3 is 0 Å². The summed E-state index contributed by atoms with van der Waals surface area (Å²) in [6, 6.07) is 0. The summed E-state index contributed by atoms with van der Waals surface area (Å²) in [6.07, 6.45) is 2.51. The maximum Gasteiger partial charge on any atom is 0.0110 e. The number of rotatable bonds is 4. The first-order valence-electron chi connectivity index (χ1n) is 3.66. The van der Waals surface area contributed by atoms with E-state index in [-0.39, 0.29) is 0 Å². The maximum absolute atomic E-state index is 3.85. The quantitative estimate of drug-likeness (QED) is 0.408. The van der Waals surface area contributed by atoms with Crippen LogP contribution >= 0.6 is 0 Å². The van der Waals surface area contributed by atoms with Gasteiger partial charge in [0.15, 0.2) is 0 Å². The van der Waals surface area contributed by atoms with Crippen molar-refractivity contribution in [3.8, 4) is 0 Å². The lowest BCUT2D eigenvalue weighted by molar-refractivity contribution is 0.534. The molecule has 0 radical (unpaired) electrons. The third kappa shape index (κ3) is 3.31. The van der Waals surface area contributed by atoms with Crippen LogP contribution in [0.15, 0.2) is 12.2 Å². The van der Waals surface area contributed by atoms with E-state index >= 15 is 0 Å². The van der Waals surface area contributed by atoms with Crippen LogP contribution in [0.2, 0.25) is 0 Å². The van der Waals surface area contributed by atoms with Crippen molar-refractivity contribution in [3.05, 3.63) is 12.2 Å². The van der Waals surface area contributed by atoms with Crippen LogP contribution in [-0.4, -0.2) is 24.5 Å². The lowest BCUT2D eigenvalue weighted by atomic mass is 10.2. The molecule has 1 aliphatic rings. The molecule has 0 N–H and O–H groups in total. The fourth-order valence-electron chi connectivity index (χ4n) is 0.899. The summed E-state index contributed by atoms with van der Waals surface area (Å²) in [5.41, 5.74) is 1.32. The van der Waals surface area contributed by atoms with Gasteiger partial charge in [-0.2, -0.15) is 0 Å². The second kappa shape index (κ2) is 3.02. The van der Waals surface area contributed by atoms with E-state index in [4.69, 9.17) is 0 Å². The van der Waals surface area contributed by atoms with Crippen molar-refractivity contribution in [1.82, 2.24) is 4.90 Å². The fraction of sp³-hybridized carbons (Fsp3) is 0.750. The minimum atomic E-state index is 1.20. The van der Waals surface area contributed by atoms with Crippen LogP contribution in [0.4, 0.5) is 0 Å². The Kier molecular flexibility index (Phi) is 2.29. The average Bonchev–Trinajstić information content (AvgIpc) is 2.48. The van der Waals surface area contributed by atoms with Crippen LogP contribution in [0.25, 0.3) is 0 Å². The van der Waals surface area contributed by atoms with Crippen molar-refractivity contribution in [2.24, 2.45) is 0 Å². The van der Waals surface area contributed by atoms with Gasteiger partial charge in [0, 0.05) is 13.1 Å². The van der Waals surface area contributed by atoms with Crippen LogP contribution in [0.5, 0.6) is 0 Å². The van der Waals surface area contributed by atoms with Crippen LogP contribution in [0, 0.1) is 0 Å². The lowest BCUT2D eigenvalue weighted by Gasteiger charge is -1.98. The first kappa shape index (κ1) is 6.81. The van der Waals surface area contributed by atoms with Gasteiger partial charge in [0.1, 0.15) is 0 Å². The Bertz CT molecular complexity index is 103. The Morgan fingerprint density at radius 2 is 2.22 bits per heavy atom. The lowest BCUT2D eigenvalue weighted by Crippen LogP contribution is -1.98. The van der Waals surface area contributed by atoms with E-state index in [9.17, 15) is 0 Å². The highest BCUT2D eigenvalue weighted by molar-refractivity contribution is 4.88. The Morgan fingerprint density at radius 1 is 1.56 bits per heavy atom. The van der Waals surface area contributed by atoms with Crippen molar-refractivity contribution in [2.45, 2.75) is 19.8 Å². The summed E-state index contributed by atoms with van der Waals surface area (Å²) in [6.45, 7) is 9.90. The summed E-state index contributed by atoms with van der Waals surface area (Å²) in [5, 5.41) is 0. The minimum Gasteiger partial charge on any atom is -0.301 e. The normalized spacial score (nSPS) is 17.9. The Balaban J connectivity index is 1.86. The SMILES string of the molecule is C=C(C)CCCN1CC1. The van der Waals surface area contributed by atoms with Crippen LogP contribution in [0.1, 0.15) is 19.8 Å². The molecule has 1 heterocycles. The van der Waals surface area contributed by atoms with Crippen molar-refractivity contribution >= 4 is 0 Å². The van der Waals surface area contributed by atoms with Gasteiger partial charge in [-0.3, -0.25) is 0 Å². The zero-order chi connectivity index (χ0) is 6.69. The molecule has 0 amide bonds. The molecule has 0 spiro atoms. The molecule has 1 heteroatoms. The molecule has 1 fully saturated rings. The first-order chi connectivity index (χ1) is 4.29. The molecule has 1 aliphatic heterocycles. The number of hydrogen-bond donors (Lipinski definition) is 0. The third-order valence-corrected chi connectivity index (χ3v) is 1.62. The van der Waals surface area contributed by atoms with Gasteiger partial charge in [0.05, 0.1) is 0 Å². The molecule has 0 aromatic rings. The van der Waals surface area contributed by atoms with Crippen molar-refractivity contribution in [2.75, 3.05) is 19.6 Å². The van der Waals surface area contributed by atoms with E-state index in [1.807, 2.05) is 0 Å². The summed E-state index contributed by atoms with van der Waals surface area (Å²) in [4.78, 5) is 2.45. The van der Waals surface area contributed by atoms with Crippen molar-refractivity contribution in [1.29, 1.82) is 0 Å². The molecule has 1 rings (SSSR count). The standard InChI is InChI=1S/C8H15N/c1-8(2)4-3-5-9-6-7-9/h1,3-7H2,2H3. The molecule has 0 aromatic heterocycles. The highest BCUT2D eigenvalue weighted by atomic mass is 15.2. The van der Waals surface area contributed by atoms with Gasteiger partial charge in [-0.1, -0.05) is 5.57 Å². The summed E-state index contributed by atoms with van der Waals surface area (Å²) >= 11 is 0. The number of allylic oxidation sites excluding steroid dienone is 1. The first-order valence-corrected chi connectivity index (χ1v) is 3.66. The van der Waals surface area contributed by atoms with Gasteiger partial charge < -0.3 is 4.90 Å². The number of nitrogens with zero attached hydrogens (tertiary/aromatic N) is 1. The molecule has 52 valence electrons. The zero-order valence-electron chi connectivity index (χ0n) is 6.19. The summed E-state index contributed by atoms with van der Waals surface area (Å²) < 4.78 is 0. The molecule has 1 nitrogen and oxygen atoms in total. The van der Waals surface area contributed by atoms with Gasteiger partial charge in [-0.25, -0.2) is 0 Å². The minimum absolute atomic E-state index is 1.20. The van der Waals surface area contributed by atoms with Gasteiger partial charge in [0.2, 0.25) is 0 Å². The van der Waals surface area contributed by atoms with E-state index in [1.54, 1.807) is 0 Å². The number of hydrogen-bond acceptors (Lipinski definition) is 1. The topological polar surface area (TPSA) is 3.01 Å². The summed E-state index contributed by atoms with van der Waals surface area (Å²) in [5.74, 6) is 0. The zero-order valence-corrected chi connectivity index (χ0v) is 6.19. The van der Waals surface area contributed by atoms with Crippen LogP contribution < -0.4 is 0 Å². The second-order valence-electron chi connectivity index (χ2n) is 2.90. The molecule has 0 aromatic carbocycles. The molecule has 0 saturated carbocycles. The maximum atomic E-state index is 3.85. The molecule has 0 bridgehead atoms. The predicted molar refractivity (Wildman–Crippen MR) is 40.5 cm³/mol. The molecule has 9 heavy (non-hydrogen) atoms. The van der Waals surface area contributed by atoms with Crippen molar-refractivity contribution in [3.63, 3.8) is 0 Å². The third-order valence-electron chi connectivity index (χ3n) is 1.62. The molecular weight excluding hydrogens is 110 g/mol. The van der Waals surface area contributed by atoms with Crippen molar-refractivity contribution < 1.29 is 0 Å². The molecule has 0 aliphatic carbocycles. The highest BCUT2D eigenvalue weighted by Gasteiger charge is 2.14. The van der Waals surface area contributed by atoms with E-state index < -0.39 is 0 Å². The largest absolute Gasteiger partial charge is 0.301 e. The smallest absolute Gasteiger partial charge is 0.0110 e. The van der Waals surface area contributed by atoms with E-state index in [2.05, 4.69) is 18.4 Å². The van der Waals surface area contributed by atoms with E-state index in [0.717, 1.165) is 0 Å². The van der Waals surface area contributed by atoms with Crippen LogP contribution in [-0.2, 0) is 0 Å². The highest BCUT2D eigenvalue weighted by Crippen LogP contribution is 2.07. The summed E-state index contributed by atoms with van der Waals surface area (Å²) in [7, 11) is 0. The predicted octanol–water partition coefficient (Wildman–Crippen LogP) is 1.66. The molecule has 1 saturated heterocycles. The fourth-order valence-corrected chi connectivity index (χ4v) is 0.899. The van der Waals surface area contributed by atoms with Gasteiger partial charge in [-0.15, -0.1) is 6.58 Å². The van der Waals surface area contributed by atoms with E-state index in [1.165, 1.54) is 38.0 Å². The second-order valence-corrected chi connectivity index (χ2v) is 2.90. The van der Waals surface area contributed by atoms with Crippen LogP contribution in [0.3, 0.4) is 0 Å². The average molecular weight is 125 g/mol. The van der Waals surface area contributed by atoms with E-state index in [0.29, 0.717) is 0 Å². The Labute approximate surface area is 57.4 Å². The molecule has 0 atom stereocenters. The molecular formula is C8H15N. The monoisotopic (exact) mass is 125 g/mol. The Morgan fingerprint density at radius 3 is 2.67 bits per heavy atom.